The summed E-state index contributed by atoms with van der Waals surface area (Å²) in [4.78, 5) is 24.0. The van der Waals surface area contributed by atoms with Crippen molar-refractivity contribution >= 4 is 11.8 Å². The fraction of sp³-hybridized carbons (Fsp3) is 0.364. The Hall–Kier alpha value is -2.42. The number of hydrogen-bond acceptors (Lipinski definition) is 2. The summed E-state index contributed by atoms with van der Waals surface area (Å²) >= 11 is 0. The summed E-state index contributed by atoms with van der Waals surface area (Å²) in [6, 6.07) is 14.0. The maximum absolute atomic E-state index is 12.7. The number of unbranched alkanes of at least 4 members (excludes halogenated alkanes) is 1. The van der Waals surface area contributed by atoms with Crippen LogP contribution in [0.25, 0.3) is 0 Å². The Morgan fingerprint density at radius 2 is 1.56 bits per heavy atom. The molecule has 2 aromatic carbocycles. The Balaban J connectivity index is 2.31. The van der Waals surface area contributed by atoms with E-state index in [1.54, 1.807) is 18.2 Å². The first-order valence-electron chi connectivity index (χ1n) is 8.90. The van der Waals surface area contributed by atoms with Gasteiger partial charge in [-0.15, -0.1) is 0 Å². The third-order valence-corrected chi connectivity index (χ3v) is 5.11. The zero-order valence-corrected chi connectivity index (χ0v) is 15.2. The van der Waals surface area contributed by atoms with Crippen LogP contribution < -0.4 is 0 Å². The van der Waals surface area contributed by atoms with Crippen LogP contribution in [0.2, 0.25) is 0 Å². The average molecular weight is 338 g/mol. The van der Waals surface area contributed by atoms with Gasteiger partial charge in [0.15, 0.2) is 5.78 Å². The molecule has 0 aliphatic carbocycles. The smallest absolute Gasteiger partial charge is 0.336 e. The van der Waals surface area contributed by atoms with E-state index in [0.717, 1.165) is 19.3 Å². The Kier molecular flexibility index (Phi) is 6.13. The highest BCUT2D eigenvalue weighted by atomic mass is 16.4. The molecule has 0 saturated heterocycles. The zero-order valence-electron chi connectivity index (χ0n) is 15.2. The van der Waals surface area contributed by atoms with E-state index in [-0.39, 0.29) is 22.3 Å². The van der Waals surface area contributed by atoms with E-state index in [0.29, 0.717) is 5.56 Å². The molecule has 1 atom stereocenters. The Morgan fingerprint density at radius 3 is 2.08 bits per heavy atom. The first-order valence-corrected chi connectivity index (χ1v) is 8.90. The fourth-order valence-corrected chi connectivity index (χ4v) is 3.14. The van der Waals surface area contributed by atoms with Crippen molar-refractivity contribution < 1.29 is 14.7 Å². The van der Waals surface area contributed by atoms with E-state index in [1.807, 2.05) is 24.3 Å². The third-order valence-electron chi connectivity index (χ3n) is 5.11. The van der Waals surface area contributed by atoms with Crippen molar-refractivity contribution in [3.63, 3.8) is 0 Å². The minimum Gasteiger partial charge on any atom is -0.478 e. The Morgan fingerprint density at radius 1 is 0.960 bits per heavy atom. The molecule has 132 valence electrons. The van der Waals surface area contributed by atoms with Gasteiger partial charge in [0.1, 0.15) is 0 Å². The maximum atomic E-state index is 12.7. The molecule has 0 bridgehead atoms. The summed E-state index contributed by atoms with van der Waals surface area (Å²) in [5.74, 6) is -1.34. The van der Waals surface area contributed by atoms with Crippen molar-refractivity contribution in [1.82, 2.24) is 0 Å². The van der Waals surface area contributed by atoms with Gasteiger partial charge in [-0.05, 0) is 29.9 Å². The summed E-state index contributed by atoms with van der Waals surface area (Å²) in [7, 11) is 0. The van der Waals surface area contributed by atoms with Gasteiger partial charge < -0.3 is 5.11 Å². The maximum Gasteiger partial charge on any atom is 0.336 e. The monoisotopic (exact) mass is 338 g/mol. The van der Waals surface area contributed by atoms with E-state index in [4.69, 9.17) is 0 Å². The highest BCUT2D eigenvalue weighted by Crippen LogP contribution is 2.33. The van der Waals surface area contributed by atoms with Crippen LogP contribution in [0.15, 0.2) is 48.5 Å². The number of rotatable bonds is 8. The van der Waals surface area contributed by atoms with Gasteiger partial charge in [-0.1, -0.05) is 76.1 Å². The number of aromatic carboxylic acids is 1. The highest BCUT2D eigenvalue weighted by Gasteiger charge is 2.24. The molecular formula is C22H26O3. The molecule has 3 heteroatoms. The van der Waals surface area contributed by atoms with Gasteiger partial charge in [0.25, 0.3) is 0 Å². The lowest BCUT2D eigenvalue weighted by molar-refractivity contribution is 0.0693. The molecule has 0 radical (unpaired) electrons. The average Bonchev–Trinajstić information content (AvgIpc) is 2.65. The molecule has 1 N–H and O–H groups in total. The lowest BCUT2D eigenvalue weighted by atomic mass is 9.76. The van der Waals surface area contributed by atoms with Gasteiger partial charge in [-0.3, -0.25) is 4.79 Å². The van der Waals surface area contributed by atoms with Crippen LogP contribution in [-0.4, -0.2) is 16.9 Å². The predicted molar refractivity (Wildman–Crippen MR) is 100 cm³/mol. The number of carbonyl (C=O) groups is 2. The molecular weight excluding hydrogens is 312 g/mol. The molecule has 0 aromatic heterocycles. The summed E-state index contributed by atoms with van der Waals surface area (Å²) in [5, 5.41) is 9.27. The topological polar surface area (TPSA) is 54.4 Å². The summed E-state index contributed by atoms with van der Waals surface area (Å²) < 4.78 is 0. The second kappa shape index (κ2) is 8.11. The number of carboxylic acid groups (broad SMARTS) is 1. The summed E-state index contributed by atoms with van der Waals surface area (Å²) in [6.45, 7) is 6.65. The van der Waals surface area contributed by atoms with Crippen LogP contribution in [0.3, 0.4) is 0 Å². The van der Waals surface area contributed by atoms with Crippen LogP contribution >= 0.6 is 0 Å². The molecule has 0 aliphatic rings. The molecule has 2 aromatic rings. The van der Waals surface area contributed by atoms with Gasteiger partial charge in [0.05, 0.1) is 5.56 Å². The van der Waals surface area contributed by atoms with E-state index in [1.165, 1.54) is 18.1 Å². The molecule has 2 rings (SSSR count). The van der Waals surface area contributed by atoms with Crippen LogP contribution in [0, 0.1) is 0 Å². The minimum atomic E-state index is -1.08. The number of carboxylic acids is 1. The van der Waals surface area contributed by atoms with Crippen molar-refractivity contribution in [2.75, 3.05) is 0 Å². The van der Waals surface area contributed by atoms with E-state index in [2.05, 4.69) is 20.8 Å². The number of hydrogen-bond donors (Lipinski definition) is 1. The van der Waals surface area contributed by atoms with Crippen LogP contribution in [0.1, 0.15) is 78.3 Å². The molecule has 0 amide bonds. The summed E-state index contributed by atoms with van der Waals surface area (Å²) in [5.41, 5.74) is 2.12. The first kappa shape index (κ1) is 18.9. The largest absolute Gasteiger partial charge is 0.478 e. The summed E-state index contributed by atoms with van der Waals surface area (Å²) in [6.07, 6.45) is 4.51. The molecule has 25 heavy (non-hydrogen) atoms. The van der Waals surface area contributed by atoms with Crippen LogP contribution in [-0.2, 0) is 5.41 Å². The molecule has 1 unspecified atom stereocenters. The van der Waals surface area contributed by atoms with Gasteiger partial charge in [0, 0.05) is 11.1 Å². The van der Waals surface area contributed by atoms with E-state index >= 15 is 0 Å². The normalized spacial score (nSPS) is 13.2. The minimum absolute atomic E-state index is 0.0397. The lowest BCUT2D eigenvalue weighted by Gasteiger charge is -2.29. The fourth-order valence-electron chi connectivity index (χ4n) is 3.14. The quantitative estimate of drug-likeness (QED) is 0.649. The number of ketones is 1. The lowest BCUT2D eigenvalue weighted by Crippen LogP contribution is -2.21. The predicted octanol–water partition coefficient (Wildman–Crippen LogP) is 5.47. The third kappa shape index (κ3) is 4.16. The molecule has 0 fully saturated rings. The SMILES string of the molecule is CCCCC(C)(CC)c1ccc(C(=O)c2ccccc2C(=O)O)cc1. The molecule has 0 heterocycles. The van der Waals surface area contributed by atoms with Crippen LogP contribution in [0.5, 0.6) is 0 Å². The Bertz CT molecular complexity index is 746. The van der Waals surface area contributed by atoms with Gasteiger partial charge >= 0.3 is 5.97 Å². The molecule has 0 saturated carbocycles. The van der Waals surface area contributed by atoms with Gasteiger partial charge in [-0.2, -0.15) is 0 Å². The highest BCUT2D eigenvalue weighted by molar-refractivity contribution is 6.14. The van der Waals surface area contributed by atoms with Gasteiger partial charge in [-0.25, -0.2) is 4.79 Å². The van der Waals surface area contributed by atoms with Crippen molar-refractivity contribution in [3.05, 3.63) is 70.8 Å². The van der Waals surface area contributed by atoms with Crippen molar-refractivity contribution in [2.45, 2.75) is 51.9 Å². The molecule has 3 nitrogen and oxygen atoms in total. The van der Waals surface area contributed by atoms with Crippen molar-refractivity contribution in [3.8, 4) is 0 Å². The molecule has 0 aliphatic heterocycles. The number of carbonyl (C=O) groups excluding carboxylic acids is 1. The standard InChI is InChI=1S/C22H26O3/c1-4-6-15-22(3,5-2)17-13-11-16(12-14-17)20(23)18-9-7-8-10-19(18)21(24)25/h7-14H,4-6,15H2,1-3H3,(H,24,25). The molecule has 0 spiro atoms. The second-order valence-corrected chi connectivity index (χ2v) is 6.77. The Labute approximate surface area is 149 Å². The first-order chi connectivity index (χ1) is 11.9. The van der Waals surface area contributed by atoms with Crippen molar-refractivity contribution in [1.29, 1.82) is 0 Å². The van der Waals surface area contributed by atoms with Crippen molar-refractivity contribution in [2.24, 2.45) is 0 Å². The number of benzene rings is 2. The second-order valence-electron chi connectivity index (χ2n) is 6.77. The van der Waals surface area contributed by atoms with E-state index in [9.17, 15) is 14.7 Å². The van der Waals surface area contributed by atoms with E-state index < -0.39 is 5.97 Å². The van der Waals surface area contributed by atoms with Crippen LogP contribution in [0.4, 0.5) is 0 Å². The van der Waals surface area contributed by atoms with Gasteiger partial charge in [0.2, 0.25) is 0 Å². The zero-order chi connectivity index (χ0) is 18.4.